The van der Waals surface area contributed by atoms with E-state index in [-0.39, 0.29) is 17.0 Å². The number of fused-ring (bicyclic) bond motifs is 1. The van der Waals surface area contributed by atoms with Crippen LogP contribution in [0.1, 0.15) is 10.4 Å². The molecule has 0 bridgehead atoms. The number of amides is 1. The summed E-state index contributed by atoms with van der Waals surface area (Å²) in [6.45, 7) is 5.14. The van der Waals surface area contributed by atoms with Gasteiger partial charge in [0.2, 0.25) is 0 Å². The minimum atomic E-state index is -0.570. The van der Waals surface area contributed by atoms with Crippen LogP contribution in [-0.4, -0.2) is 75.8 Å². The lowest BCUT2D eigenvalue weighted by atomic mass is 10.1. The number of carbonyl (C=O) groups is 1. The minimum absolute atomic E-state index is 0.0210. The first-order valence-electron chi connectivity index (χ1n) is 9.71. The van der Waals surface area contributed by atoms with E-state index in [1.165, 1.54) is 0 Å². The molecule has 156 valence electrons. The van der Waals surface area contributed by atoms with Crippen molar-refractivity contribution in [1.82, 2.24) is 24.5 Å². The molecule has 1 amide bonds. The van der Waals surface area contributed by atoms with Crippen LogP contribution in [-0.2, 0) is 4.74 Å². The molecule has 0 unspecified atom stereocenters. The first kappa shape index (κ1) is 18.7. The van der Waals surface area contributed by atoms with Crippen molar-refractivity contribution in [3.05, 3.63) is 42.2 Å². The van der Waals surface area contributed by atoms with Gasteiger partial charge in [0.05, 0.1) is 49.2 Å². The number of hydrogen-bond acceptors (Lipinski definition) is 8. The van der Waals surface area contributed by atoms with E-state index in [0.29, 0.717) is 11.7 Å². The molecule has 0 saturated carbocycles. The predicted octanol–water partition coefficient (Wildman–Crippen LogP) is 0.619. The molecule has 2 aliphatic rings. The van der Waals surface area contributed by atoms with Gasteiger partial charge in [-0.25, -0.2) is 13.9 Å². The van der Waals surface area contributed by atoms with E-state index in [2.05, 4.69) is 30.2 Å². The van der Waals surface area contributed by atoms with E-state index < -0.39 is 11.7 Å². The van der Waals surface area contributed by atoms with E-state index in [0.717, 1.165) is 62.0 Å². The van der Waals surface area contributed by atoms with Crippen LogP contribution in [0.2, 0.25) is 0 Å². The third-order valence-corrected chi connectivity index (χ3v) is 5.53. The number of nitrogen functional groups attached to an aromatic ring is 1. The lowest BCUT2D eigenvalue weighted by Gasteiger charge is -2.43. The zero-order chi connectivity index (χ0) is 20.7. The minimum Gasteiger partial charge on any atom is -0.381 e. The van der Waals surface area contributed by atoms with Gasteiger partial charge in [-0.2, -0.15) is 0 Å². The third kappa shape index (κ3) is 3.31. The second kappa shape index (κ2) is 7.50. The van der Waals surface area contributed by atoms with E-state index in [1.54, 1.807) is 12.4 Å². The molecule has 0 radical (unpaired) electrons. The summed E-state index contributed by atoms with van der Waals surface area (Å²) in [6, 6.07) is 2.39. The number of anilines is 3. The number of carbonyl (C=O) groups excluding carboxylic acids is 1. The SMILES string of the molecule is Nc1nn2cc(F)cnc2c1C(=O)Nc1cnccc1N1CCN(C2COC2)CC1. The van der Waals surface area contributed by atoms with Gasteiger partial charge in [0.1, 0.15) is 5.56 Å². The number of nitrogens with two attached hydrogens (primary N) is 1. The van der Waals surface area contributed by atoms with Crippen molar-refractivity contribution in [3.63, 3.8) is 0 Å². The van der Waals surface area contributed by atoms with Crippen LogP contribution >= 0.6 is 0 Å². The second-order valence-electron chi connectivity index (χ2n) is 7.36. The molecule has 0 aromatic carbocycles. The van der Waals surface area contributed by atoms with Gasteiger partial charge in [0.25, 0.3) is 5.91 Å². The van der Waals surface area contributed by atoms with Crippen molar-refractivity contribution in [1.29, 1.82) is 0 Å². The Balaban J connectivity index is 1.36. The topological polar surface area (TPSA) is 114 Å². The molecule has 0 aliphatic carbocycles. The van der Waals surface area contributed by atoms with Gasteiger partial charge in [0, 0.05) is 32.4 Å². The van der Waals surface area contributed by atoms with E-state index in [9.17, 15) is 9.18 Å². The van der Waals surface area contributed by atoms with Gasteiger partial charge < -0.3 is 20.7 Å². The lowest BCUT2D eigenvalue weighted by molar-refractivity contribution is -0.0660. The summed E-state index contributed by atoms with van der Waals surface area (Å²) in [5.41, 5.74) is 7.65. The normalized spacial score (nSPS) is 17.8. The number of nitrogens with zero attached hydrogens (tertiary/aromatic N) is 6. The van der Waals surface area contributed by atoms with Crippen molar-refractivity contribution in [3.8, 4) is 0 Å². The maximum Gasteiger partial charge on any atom is 0.263 e. The Kier molecular flexibility index (Phi) is 4.68. The maximum absolute atomic E-state index is 13.4. The van der Waals surface area contributed by atoms with Gasteiger partial charge in [-0.15, -0.1) is 5.10 Å². The van der Waals surface area contributed by atoms with Crippen LogP contribution < -0.4 is 16.0 Å². The zero-order valence-electron chi connectivity index (χ0n) is 16.2. The summed E-state index contributed by atoms with van der Waals surface area (Å²) < 4.78 is 19.8. The summed E-state index contributed by atoms with van der Waals surface area (Å²) in [7, 11) is 0. The molecule has 30 heavy (non-hydrogen) atoms. The molecule has 5 rings (SSSR count). The Morgan fingerprint density at radius 1 is 1.23 bits per heavy atom. The van der Waals surface area contributed by atoms with Gasteiger partial charge >= 0.3 is 0 Å². The van der Waals surface area contributed by atoms with Crippen LogP contribution in [0.4, 0.5) is 21.6 Å². The molecular weight excluding hydrogens is 391 g/mol. The lowest BCUT2D eigenvalue weighted by Crippen LogP contribution is -2.56. The Hall–Kier alpha value is -3.31. The first-order valence-corrected chi connectivity index (χ1v) is 9.71. The molecule has 2 saturated heterocycles. The summed E-state index contributed by atoms with van der Waals surface area (Å²) in [5, 5.41) is 6.85. The fraction of sp³-hybridized carbons (Fsp3) is 0.368. The third-order valence-electron chi connectivity index (χ3n) is 5.53. The number of rotatable bonds is 4. The van der Waals surface area contributed by atoms with E-state index in [4.69, 9.17) is 10.5 Å². The van der Waals surface area contributed by atoms with E-state index >= 15 is 0 Å². The van der Waals surface area contributed by atoms with Crippen molar-refractivity contribution < 1.29 is 13.9 Å². The number of aromatic nitrogens is 4. The molecule has 5 heterocycles. The quantitative estimate of drug-likeness (QED) is 0.641. The molecule has 3 aromatic heterocycles. The molecule has 11 heteroatoms. The van der Waals surface area contributed by atoms with Gasteiger partial charge in [-0.3, -0.25) is 14.7 Å². The van der Waals surface area contributed by atoms with Crippen molar-refractivity contribution >= 4 is 28.7 Å². The van der Waals surface area contributed by atoms with Gasteiger partial charge in [-0.05, 0) is 6.07 Å². The average molecular weight is 412 g/mol. The van der Waals surface area contributed by atoms with Crippen LogP contribution in [0, 0.1) is 5.82 Å². The highest BCUT2D eigenvalue weighted by molar-refractivity contribution is 6.12. The summed E-state index contributed by atoms with van der Waals surface area (Å²) in [4.78, 5) is 25.7. The second-order valence-corrected chi connectivity index (χ2v) is 7.36. The molecule has 3 N–H and O–H groups in total. The maximum atomic E-state index is 13.4. The van der Waals surface area contributed by atoms with Gasteiger partial charge in [-0.1, -0.05) is 0 Å². The van der Waals surface area contributed by atoms with Crippen molar-refractivity contribution in [2.24, 2.45) is 0 Å². The van der Waals surface area contributed by atoms with Crippen LogP contribution in [0.3, 0.4) is 0 Å². The van der Waals surface area contributed by atoms with E-state index in [1.807, 2.05) is 6.07 Å². The summed E-state index contributed by atoms with van der Waals surface area (Å²) >= 11 is 0. The number of halogens is 1. The first-order chi connectivity index (χ1) is 14.6. The zero-order valence-corrected chi connectivity index (χ0v) is 16.2. The fourth-order valence-corrected chi connectivity index (χ4v) is 3.85. The van der Waals surface area contributed by atoms with Crippen LogP contribution in [0.5, 0.6) is 0 Å². The van der Waals surface area contributed by atoms with Crippen LogP contribution in [0.15, 0.2) is 30.9 Å². The monoisotopic (exact) mass is 412 g/mol. The molecule has 0 spiro atoms. The molecule has 2 aliphatic heterocycles. The van der Waals surface area contributed by atoms with Gasteiger partial charge in [0.15, 0.2) is 17.3 Å². The predicted molar refractivity (Wildman–Crippen MR) is 108 cm³/mol. The molecule has 2 fully saturated rings. The van der Waals surface area contributed by atoms with Crippen LogP contribution in [0.25, 0.3) is 5.65 Å². The number of pyridine rings is 1. The summed E-state index contributed by atoms with van der Waals surface area (Å²) in [6.07, 6.45) is 5.45. The molecular formula is C19H21FN8O2. The Bertz CT molecular complexity index is 1090. The van der Waals surface area contributed by atoms with Crippen molar-refractivity contribution in [2.45, 2.75) is 6.04 Å². The highest BCUT2D eigenvalue weighted by atomic mass is 19.1. The Morgan fingerprint density at radius 3 is 2.77 bits per heavy atom. The molecule has 0 atom stereocenters. The highest BCUT2D eigenvalue weighted by Gasteiger charge is 2.30. The number of nitrogens with one attached hydrogen (secondary N) is 1. The molecule has 10 nitrogen and oxygen atoms in total. The Labute approximate surface area is 171 Å². The largest absolute Gasteiger partial charge is 0.381 e. The number of ether oxygens (including phenoxy) is 1. The highest BCUT2D eigenvalue weighted by Crippen LogP contribution is 2.28. The Morgan fingerprint density at radius 2 is 2.03 bits per heavy atom. The summed E-state index contributed by atoms with van der Waals surface area (Å²) in [5.74, 6) is -1.06. The fourth-order valence-electron chi connectivity index (χ4n) is 3.85. The standard InChI is InChI=1S/C19H21FN8O2/c20-12-7-23-18-16(17(21)25-28(18)9-12)19(29)24-14-8-22-2-1-15(14)27-5-3-26(4-6-27)13-10-30-11-13/h1-2,7-9,13H,3-6,10-11H2,(H2,21,25)(H,24,29). The smallest absolute Gasteiger partial charge is 0.263 e. The molecule has 3 aromatic rings. The number of hydrogen-bond donors (Lipinski definition) is 2. The number of piperazine rings is 1. The average Bonchev–Trinajstić information content (AvgIpc) is 3.02. The van der Waals surface area contributed by atoms with Crippen molar-refractivity contribution in [2.75, 3.05) is 55.3 Å².